The molecule has 3 heterocycles. The molecule has 2 aliphatic heterocycles. The third kappa shape index (κ3) is 5.87. The number of amides is 1. The zero-order valence-corrected chi connectivity index (χ0v) is 20.9. The molecule has 1 unspecified atom stereocenters. The van der Waals surface area contributed by atoms with Gasteiger partial charge in [-0.3, -0.25) is 9.78 Å². The predicted molar refractivity (Wildman–Crippen MR) is 137 cm³/mol. The van der Waals surface area contributed by atoms with Gasteiger partial charge in [0.2, 0.25) is 0 Å². The lowest BCUT2D eigenvalue weighted by atomic mass is 10.0. The Kier molecular flexibility index (Phi) is 8.03. The summed E-state index contributed by atoms with van der Waals surface area (Å²) >= 11 is 11.9. The fourth-order valence-electron chi connectivity index (χ4n) is 4.07. The molecular weight excluding hydrogens is 472 g/mol. The highest BCUT2D eigenvalue weighted by atomic mass is 35.5. The third-order valence-corrected chi connectivity index (χ3v) is 6.69. The number of hydrogen-bond acceptors (Lipinski definition) is 6. The summed E-state index contributed by atoms with van der Waals surface area (Å²) in [5, 5.41) is 10.2. The molecule has 180 valence electrons. The number of rotatable bonds is 8. The van der Waals surface area contributed by atoms with Gasteiger partial charge in [0.25, 0.3) is 5.91 Å². The largest absolute Gasteiger partial charge is 0.489 e. The maximum absolute atomic E-state index is 12.9. The first kappa shape index (κ1) is 24.4. The maximum atomic E-state index is 12.9. The number of ether oxygens (including phenoxy) is 2. The molecule has 2 aliphatic rings. The molecule has 1 fully saturated rings. The van der Waals surface area contributed by atoms with Gasteiger partial charge in [0.1, 0.15) is 17.3 Å². The second kappa shape index (κ2) is 11.2. The molecule has 1 aromatic carbocycles. The van der Waals surface area contributed by atoms with E-state index in [4.69, 9.17) is 33.3 Å². The van der Waals surface area contributed by atoms with E-state index < -0.39 is 0 Å². The minimum absolute atomic E-state index is 0.0119. The Morgan fingerprint density at radius 2 is 2.24 bits per heavy atom. The van der Waals surface area contributed by atoms with Crippen LogP contribution in [0.2, 0.25) is 5.02 Å². The van der Waals surface area contributed by atoms with E-state index in [1.54, 1.807) is 12.4 Å². The molecule has 4 rings (SSSR count). The number of aromatic nitrogens is 1. The van der Waals surface area contributed by atoms with Gasteiger partial charge in [-0.05, 0) is 50.5 Å². The minimum Gasteiger partial charge on any atom is -0.489 e. The first-order chi connectivity index (χ1) is 16.4. The van der Waals surface area contributed by atoms with Crippen LogP contribution in [0.4, 0.5) is 5.69 Å². The van der Waals surface area contributed by atoms with Crippen molar-refractivity contribution in [1.82, 2.24) is 15.6 Å². The molecule has 1 saturated heterocycles. The maximum Gasteiger partial charge on any atom is 0.256 e. The highest BCUT2D eigenvalue weighted by Gasteiger charge is 2.28. The van der Waals surface area contributed by atoms with Crippen LogP contribution in [0.25, 0.3) is 0 Å². The molecule has 9 heteroatoms. The number of benzene rings is 1. The number of nitrogens with one attached hydrogen (secondary N) is 3. The Balaban J connectivity index is 1.51. The van der Waals surface area contributed by atoms with Gasteiger partial charge in [-0.1, -0.05) is 29.9 Å². The molecule has 0 bridgehead atoms. The van der Waals surface area contributed by atoms with Crippen molar-refractivity contribution in [2.45, 2.75) is 51.8 Å². The van der Waals surface area contributed by atoms with Gasteiger partial charge in [-0.15, -0.1) is 0 Å². The van der Waals surface area contributed by atoms with Gasteiger partial charge in [-0.2, -0.15) is 0 Å². The van der Waals surface area contributed by atoms with E-state index in [0.717, 1.165) is 42.0 Å². The van der Waals surface area contributed by atoms with Crippen molar-refractivity contribution < 1.29 is 14.3 Å². The summed E-state index contributed by atoms with van der Waals surface area (Å²) in [6, 6.07) is 7.45. The molecule has 0 aliphatic carbocycles. The number of thiocarbonyl (C=S) groups is 1. The molecule has 3 N–H and O–H groups in total. The second-order valence-electron chi connectivity index (χ2n) is 8.58. The van der Waals surface area contributed by atoms with E-state index in [9.17, 15) is 4.79 Å². The summed E-state index contributed by atoms with van der Waals surface area (Å²) in [6.07, 6.45) is 6.27. The lowest BCUT2D eigenvalue weighted by Crippen LogP contribution is -2.44. The molecule has 1 aromatic heterocycles. The second-order valence-corrected chi connectivity index (χ2v) is 9.40. The summed E-state index contributed by atoms with van der Waals surface area (Å²) in [5.41, 5.74) is 3.81. The van der Waals surface area contributed by atoms with Crippen LogP contribution in [0.3, 0.4) is 0 Å². The lowest BCUT2D eigenvalue weighted by molar-refractivity contribution is -0.118. The first-order valence-corrected chi connectivity index (χ1v) is 12.2. The van der Waals surface area contributed by atoms with Crippen LogP contribution in [0.1, 0.15) is 37.3 Å². The molecular formula is C25H29ClN4O3S. The van der Waals surface area contributed by atoms with Crippen LogP contribution in [-0.4, -0.2) is 41.2 Å². The number of nitrogens with zero attached hydrogens (tertiary/aromatic N) is 1. The number of halogens is 1. The predicted octanol–water partition coefficient (Wildman–Crippen LogP) is 4.29. The highest BCUT2D eigenvalue weighted by Crippen LogP contribution is 2.26. The molecule has 34 heavy (non-hydrogen) atoms. The van der Waals surface area contributed by atoms with E-state index in [1.807, 2.05) is 38.1 Å². The van der Waals surface area contributed by atoms with Gasteiger partial charge < -0.3 is 25.4 Å². The van der Waals surface area contributed by atoms with E-state index in [1.165, 1.54) is 0 Å². The van der Waals surface area contributed by atoms with Crippen LogP contribution in [-0.2, 0) is 16.1 Å². The first-order valence-electron chi connectivity index (χ1n) is 11.4. The zero-order valence-electron chi connectivity index (χ0n) is 19.3. The van der Waals surface area contributed by atoms with Crippen molar-refractivity contribution in [1.29, 1.82) is 0 Å². The van der Waals surface area contributed by atoms with Crippen molar-refractivity contribution in [2.24, 2.45) is 0 Å². The average Bonchev–Trinajstić information content (AvgIpc) is 3.33. The van der Waals surface area contributed by atoms with Gasteiger partial charge >= 0.3 is 0 Å². The molecule has 7 nitrogen and oxygen atoms in total. The Morgan fingerprint density at radius 1 is 1.38 bits per heavy atom. The van der Waals surface area contributed by atoms with E-state index in [0.29, 0.717) is 40.9 Å². The quantitative estimate of drug-likeness (QED) is 0.466. The number of carbonyl (C=O) groups is 1. The highest BCUT2D eigenvalue weighted by molar-refractivity contribution is 7.81. The van der Waals surface area contributed by atoms with Crippen molar-refractivity contribution in [3.8, 4) is 5.75 Å². The normalized spacial score (nSPS) is 20.1. The van der Waals surface area contributed by atoms with Crippen LogP contribution in [0.5, 0.6) is 5.75 Å². The average molecular weight is 501 g/mol. The third-order valence-electron chi connectivity index (χ3n) is 5.97. The van der Waals surface area contributed by atoms with Crippen molar-refractivity contribution in [2.75, 3.05) is 18.5 Å². The molecule has 0 spiro atoms. The lowest BCUT2D eigenvalue weighted by Gasteiger charge is -2.27. The van der Waals surface area contributed by atoms with Crippen LogP contribution < -0.4 is 20.7 Å². The van der Waals surface area contributed by atoms with Crippen LogP contribution in [0, 0.1) is 6.92 Å². The molecule has 2 aromatic rings. The van der Waals surface area contributed by atoms with Crippen LogP contribution in [0.15, 0.2) is 47.9 Å². The Morgan fingerprint density at radius 3 is 3.03 bits per heavy atom. The zero-order chi connectivity index (χ0) is 24.1. The summed E-state index contributed by atoms with van der Waals surface area (Å²) in [5.74, 6) is 0.499. The molecule has 2 atom stereocenters. The summed E-state index contributed by atoms with van der Waals surface area (Å²) in [7, 11) is 0. The van der Waals surface area contributed by atoms with Gasteiger partial charge in [0.15, 0.2) is 0 Å². The summed E-state index contributed by atoms with van der Waals surface area (Å²) in [6.45, 7) is 5.64. The molecule has 1 amide bonds. The van der Waals surface area contributed by atoms with Crippen molar-refractivity contribution in [3.63, 3.8) is 0 Å². The smallest absolute Gasteiger partial charge is 0.256 e. The van der Waals surface area contributed by atoms with Crippen LogP contribution >= 0.6 is 23.8 Å². The SMILES string of the molecule is Cc1c(Cl)cccc1NC(=S)C1=C(NCc2ccncc2OC[C@@H]2CCCO2)CC(C)NC1=O. The topological polar surface area (TPSA) is 84.5 Å². The van der Waals surface area contributed by atoms with Gasteiger partial charge in [0, 0.05) is 53.8 Å². The molecule has 0 saturated carbocycles. The van der Waals surface area contributed by atoms with Gasteiger partial charge in [0.05, 0.1) is 17.9 Å². The van der Waals surface area contributed by atoms with E-state index in [-0.39, 0.29) is 18.1 Å². The fraction of sp³-hybridized carbons (Fsp3) is 0.400. The van der Waals surface area contributed by atoms with Crippen molar-refractivity contribution in [3.05, 3.63) is 64.1 Å². The standard InChI is InChI=1S/C25H29ClN4O3S/c1-15-11-21(23(24(31)29-15)25(34)30-20-7-3-6-19(26)16(20)2)28-12-17-8-9-27-13-22(17)33-14-18-5-4-10-32-18/h3,6-9,13,15,18,28H,4-5,10-12,14H2,1-2H3,(H,29,31)(H,30,34)/t15?,18-/m0/s1. The Hall–Kier alpha value is -2.68. The number of pyridine rings is 1. The van der Waals surface area contributed by atoms with Crippen molar-refractivity contribution >= 4 is 40.4 Å². The fourth-order valence-corrected chi connectivity index (χ4v) is 4.57. The van der Waals surface area contributed by atoms with Gasteiger partial charge in [-0.25, -0.2) is 0 Å². The number of carbonyl (C=O) groups excluding carboxylic acids is 1. The van der Waals surface area contributed by atoms with E-state index in [2.05, 4.69) is 20.9 Å². The summed E-state index contributed by atoms with van der Waals surface area (Å²) < 4.78 is 11.7. The monoisotopic (exact) mass is 500 g/mol. The Bertz CT molecular complexity index is 1100. The molecule has 0 radical (unpaired) electrons. The number of anilines is 1. The Labute approximate surface area is 210 Å². The minimum atomic E-state index is -0.206. The number of hydrogen-bond donors (Lipinski definition) is 3. The summed E-state index contributed by atoms with van der Waals surface area (Å²) in [4.78, 5) is 17.5. The van der Waals surface area contributed by atoms with E-state index >= 15 is 0 Å².